The summed E-state index contributed by atoms with van der Waals surface area (Å²) in [5, 5.41) is 0. The summed E-state index contributed by atoms with van der Waals surface area (Å²) in [6, 6.07) is 6.73. The van der Waals surface area contributed by atoms with E-state index >= 15 is 0 Å². The Labute approximate surface area is 135 Å². The molecular weight excluding hydrogens is 266 g/mol. The van der Waals surface area contributed by atoms with Gasteiger partial charge in [-0.1, -0.05) is 66.0 Å². The first kappa shape index (κ1) is 15.1. The quantitative estimate of drug-likeness (QED) is 0.629. The fourth-order valence-electron chi connectivity index (χ4n) is 4.04. The zero-order valence-corrected chi connectivity index (χ0v) is 14.8. The van der Waals surface area contributed by atoms with Gasteiger partial charge in [-0.25, -0.2) is 0 Å². The summed E-state index contributed by atoms with van der Waals surface area (Å²) in [5.74, 6) is 0. The van der Waals surface area contributed by atoms with E-state index in [-0.39, 0.29) is 10.8 Å². The third-order valence-electron chi connectivity index (χ3n) is 5.95. The molecule has 0 fully saturated rings. The highest BCUT2D eigenvalue weighted by Crippen LogP contribution is 2.56. The van der Waals surface area contributed by atoms with E-state index in [4.69, 9.17) is 0 Å². The smallest absolute Gasteiger partial charge is 0.0539 e. The van der Waals surface area contributed by atoms with Crippen molar-refractivity contribution in [3.8, 4) is 0 Å². The lowest BCUT2D eigenvalue weighted by Gasteiger charge is -2.51. The van der Waals surface area contributed by atoms with Gasteiger partial charge in [-0.3, -0.25) is 0 Å². The maximum absolute atomic E-state index is 4.39. The van der Waals surface area contributed by atoms with Crippen molar-refractivity contribution in [3.63, 3.8) is 0 Å². The number of anilines is 1. The highest BCUT2D eigenvalue weighted by Gasteiger charge is 2.45. The fraction of sp³-hybridized carbons (Fsp3) is 0.429. The van der Waals surface area contributed by atoms with Crippen LogP contribution in [0.1, 0.15) is 59.1 Å². The van der Waals surface area contributed by atoms with Crippen LogP contribution >= 0.6 is 0 Å². The molecule has 1 aromatic rings. The van der Waals surface area contributed by atoms with Gasteiger partial charge in [-0.2, -0.15) is 0 Å². The molecule has 2 heterocycles. The van der Waals surface area contributed by atoms with E-state index in [9.17, 15) is 0 Å². The van der Waals surface area contributed by atoms with Crippen molar-refractivity contribution in [2.24, 2.45) is 0 Å². The van der Waals surface area contributed by atoms with Crippen molar-refractivity contribution in [1.82, 2.24) is 0 Å². The van der Waals surface area contributed by atoms with Gasteiger partial charge in [0, 0.05) is 22.2 Å². The van der Waals surface area contributed by atoms with Gasteiger partial charge in [0.2, 0.25) is 0 Å². The molecule has 116 valence electrons. The molecule has 0 bridgehead atoms. The van der Waals surface area contributed by atoms with Crippen molar-refractivity contribution < 1.29 is 0 Å². The molecule has 0 aliphatic carbocycles. The highest BCUT2D eigenvalue weighted by molar-refractivity contribution is 5.80. The van der Waals surface area contributed by atoms with E-state index in [0.29, 0.717) is 0 Å². The number of rotatable bonds is 1. The summed E-state index contributed by atoms with van der Waals surface area (Å²) in [7, 11) is 0. The van der Waals surface area contributed by atoms with Gasteiger partial charge < -0.3 is 4.90 Å². The second-order valence-corrected chi connectivity index (χ2v) is 7.64. The minimum Gasteiger partial charge on any atom is -0.314 e. The van der Waals surface area contributed by atoms with Gasteiger partial charge in [-0.05, 0) is 35.6 Å². The van der Waals surface area contributed by atoms with Gasteiger partial charge >= 0.3 is 0 Å². The lowest BCUT2D eigenvalue weighted by molar-refractivity contribution is 0.560. The Kier molecular flexibility index (Phi) is 3.01. The summed E-state index contributed by atoms with van der Waals surface area (Å²) >= 11 is 0. The summed E-state index contributed by atoms with van der Waals surface area (Å²) in [6.07, 6.45) is 1.01. The SMILES string of the molecule is C=C1C(=C)C(C)(C)c2cccc3c2N1C(CC)=C(C)C3(C)C. The normalized spacial score (nSPS) is 22.0. The molecule has 1 nitrogen and oxygen atoms in total. The Morgan fingerprint density at radius 3 is 2.09 bits per heavy atom. The van der Waals surface area contributed by atoms with Gasteiger partial charge in [0.25, 0.3) is 0 Å². The number of hydrogen-bond donors (Lipinski definition) is 0. The lowest BCUT2D eigenvalue weighted by atomic mass is 9.66. The van der Waals surface area contributed by atoms with Crippen molar-refractivity contribution in [1.29, 1.82) is 0 Å². The minimum atomic E-state index is -0.0703. The molecule has 0 atom stereocenters. The van der Waals surface area contributed by atoms with E-state index < -0.39 is 0 Å². The van der Waals surface area contributed by atoms with Crippen molar-refractivity contribution in [2.75, 3.05) is 4.90 Å². The largest absolute Gasteiger partial charge is 0.314 e. The van der Waals surface area contributed by atoms with Crippen LogP contribution in [0.3, 0.4) is 0 Å². The van der Waals surface area contributed by atoms with Crippen LogP contribution in [0.4, 0.5) is 5.69 Å². The number of allylic oxidation sites excluding steroid dienone is 3. The zero-order valence-electron chi connectivity index (χ0n) is 14.8. The maximum atomic E-state index is 4.39. The van der Waals surface area contributed by atoms with Crippen molar-refractivity contribution >= 4 is 5.69 Å². The molecule has 0 unspecified atom stereocenters. The lowest BCUT2D eigenvalue weighted by Crippen LogP contribution is -2.43. The predicted molar refractivity (Wildman–Crippen MR) is 96.2 cm³/mol. The third-order valence-corrected chi connectivity index (χ3v) is 5.95. The van der Waals surface area contributed by atoms with Gasteiger partial charge in [-0.15, -0.1) is 0 Å². The first-order valence-corrected chi connectivity index (χ1v) is 8.18. The Morgan fingerprint density at radius 2 is 1.55 bits per heavy atom. The number of benzene rings is 1. The summed E-state index contributed by atoms with van der Waals surface area (Å²) in [4.78, 5) is 2.37. The van der Waals surface area contributed by atoms with Gasteiger partial charge in [0.1, 0.15) is 0 Å². The third kappa shape index (κ3) is 1.60. The predicted octanol–water partition coefficient (Wildman–Crippen LogP) is 5.83. The van der Waals surface area contributed by atoms with Crippen LogP contribution in [0, 0.1) is 0 Å². The Morgan fingerprint density at radius 1 is 1.00 bits per heavy atom. The monoisotopic (exact) mass is 293 g/mol. The second-order valence-electron chi connectivity index (χ2n) is 7.64. The molecule has 3 rings (SSSR count). The van der Waals surface area contributed by atoms with Gasteiger partial charge in [0.05, 0.1) is 5.69 Å². The van der Waals surface area contributed by atoms with Crippen LogP contribution in [0.15, 0.2) is 53.9 Å². The summed E-state index contributed by atoms with van der Waals surface area (Å²) < 4.78 is 0. The van der Waals surface area contributed by atoms with Crippen LogP contribution in [0.2, 0.25) is 0 Å². The summed E-state index contributed by atoms with van der Waals surface area (Å²) in [6.45, 7) is 22.5. The number of hydrogen-bond acceptors (Lipinski definition) is 1. The Balaban J connectivity index is 2.46. The molecule has 1 aromatic carbocycles. The van der Waals surface area contributed by atoms with Crippen molar-refractivity contribution in [3.05, 3.63) is 65.0 Å². The second kappa shape index (κ2) is 4.38. The summed E-state index contributed by atoms with van der Waals surface area (Å²) in [5.41, 5.74) is 9.10. The molecule has 0 saturated heterocycles. The molecule has 0 saturated carbocycles. The van der Waals surface area contributed by atoms with E-state index in [1.165, 1.54) is 28.1 Å². The van der Waals surface area contributed by atoms with E-state index in [1.54, 1.807) is 0 Å². The molecule has 0 spiro atoms. The molecule has 2 aliphatic rings. The van der Waals surface area contributed by atoms with Gasteiger partial charge in [0.15, 0.2) is 0 Å². The van der Waals surface area contributed by atoms with E-state index in [2.05, 4.69) is 77.8 Å². The molecule has 0 aromatic heterocycles. The molecule has 22 heavy (non-hydrogen) atoms. The van der Waals surface area contributed by atoms with Crippen LogP contribution < -0.4 is 4.90 Å². The maximum Gasteiger partial charge on any atom is 0.0539 e. The Bertz CT molecular complexity index is 728. The standard InChI is InChI=1S/C21H27N/c1-9-18-14(3)21(7,8)17-12-10-11-16-19(17)22(18)15(4)13(2)20(16,5)6/h10-12H,2,4,9H2,1,3,5-8H3. The van der Waals surface area contributed by atoms with E-state index in [1.807, 2.05) is 0 Å². The topological polar surface area (TPSA) is 3.24 Å². The number of para-hydroxylation sites is 1. The number of nitrogens with zero attached hydrogens (tertiary/aromatic N) is 1. The van der Waals surface area contributed by atoms with Crippen molar-refractivity contribution in [2.45, 2.75) is 58.8 Å². The highest BCUT2D eigenvalue weighted by atomic mass is 15.2. The fourth-order valence-corrected chi connectivity index (χ4v) is 4.04. The van der Waals surface area contributed by atoms with E-state index in [0.717, 1.165) is 17.7 Å². The van der Waals surface area contributed by atoms with Crippen LogP contribution in [0.25, 0.3) is 0 Å². The van der Waals surface area contributed by atoms with Crippen LogP contribution in [0.5, 0.6) is 0 Å². The molecule has 1 heteroatoms. The average molecular weight is 293 g/mol. The van der Waals surface area contributed by atoms with Crippen LogP contribution in [-0.4, -0.2) is 0 Å². The molecular formula is C21H27N. The average Bonchev–Trinajstić information content (AvgIpc) is 2.47. The molecule has 0 amide bonds. The molecule has 0 radical (unpaired) electrons. The Hall–Kier alpha value is -1.76. The zero-order chi connectivity index (χ0) is 16.4. The van der Waals surface area contributed by atoms with Crippen LogP contribution in [-0.2, 0) is 10.8 Å². The minimum absolute atomic E-state index is 0.0578. The molecule has 0 N–H and O–H groups in total. The molecule has 2 aliphatic heterocycles. The first-order valence-electron chi connectivity index (χ1n) is 8.18. The first-order chi connectivity index (χ1) is 10.2.